The highest BCUT2D eigenvalue weighted by atomic mass is 16.2. The first-order valence-electron chi connectivity index (χ1n) is 7.50. The van der Waals surface area contributed by atoms with Gasteiger partial charge in [0.1, 0.15) is 6.04 Å². The van der Waals surface area contributed by atoms with E-state index in [1.807, 2.05) is 4.90 Å². The summed E-state index contributed by atoms with van der Waals surface area (Å²) in [5, 5.41) is 9.08. The standard InChI is InChI=1S/C15H24N2O/c16-12-14-8-4-5-11-17(14)15(18)10-9-13-6-2-1-3-7-13/h13-14H,1-11H2. The lowest BCUT2D eigenvalue weighted by atomic mass is 9.86. The maximum atomic E-state index is 12.2. The van der Waals surface area contributed by atoms with Crippen molar-refractivity contribution < 1.29 is 4.79 Å². The molecule has 0 aromatic rings. The number of carbonyl (C=O) groups excluding carboxylic acids is 1. The summed E-state index contributed by atoms with van der Waals surface area (Å²) in [6.45, 7) is 0.793. The lowest BCUT2D eigenvalue weighted by Crippen LogP contribution is -2.43. The largest absolute Gasteiger partial charge is 0.327 e. The van der Waals surface area contributed by atoms with E-state index in [9.17, 15) is 4.79 Å². The fourth-order valence-electron chi connectivity index (χ4n) is 3.31. The van der Waals surface area contributed by atoms with Gasteiger partial charge < -0.3 is 4.90 Å². The Morgan fingerprint density at radius 2 is 1.83 bits per heavy atom. The van der Waals surface area contributed by atoms with E-state index in [-0.39, 0.29) is 11.9 Å². The van der Waals surface area contributed by atoms with Crippen LogP contribution in [0.15, 0.2) is 0 Å². The van der Waals surface area contributed by atoms with Crippen LogP contribution in [0.5, 0.6) is 0 Å². The summed E-state index contributed by atoms with van der Waals surface area (Å²) < 4.78 is 0. The molecule has 2 rings (SSSR count). The van der Waals surface area contributed by atoms with Gasteiger partial charge in [0.05, 0.1) is 6.07 Å². The Morgan fingerprint density at radius 3 is 2.56 bits per heavy atom. The number of rotatable bonds is 3. The van der Waals surface area contributed by atoms with Gasteiger partial charge in [-0.15, -0.1) is 0 Å². The molecule has 3 nitrogen and oxygen atoms in total. The van der Waals surface area contributed by atoms with Gasteiger partial charge >= 0.3 is 0 Å². The summed E-state index contributed by atoms with van der Waals surface area (Å²) in [5.74, 6) is 0.972. The molecule has 1 saturated heterocycles. The van der Waals surface area contributed by atoms with Crippen molar-refractivity contribution in [3.8, 4) is 6.07 Å². The summed E-state index contributed by atoms with van der Waals surface area (Å²) in [6, 6.07) is 2.12. The molecule has 0 bridgehead atoms. The van der Waals surface area contributed by atoms with E-state index in [4.69, 9.17) is 5.26 Å². The highest BCUT2D eigenvalue weighted by molar-refractivity contribution is 5.77. The van der Waals surface area contributed by atoms with Crippen LogP contribution in [0.3, 0.4) is 0 Å². The maximum Gasteiger partial charge on any atom is 0.223 e. The number of hydrogen-bond donors (Lipinski definition) is 0. The third-order valence-corrected chi connectivity index (χ3v) is 4.46. The number of likely N-dealkylation sites (tertiary alicyclic amines) is 1. The third-order valence-electron chi connectivity index (χ3n) is 4.46. The van der Waals surface area contributed by atoms with Gasteiger partial charge in [0.2, 0.25) is 5.91 Å². The second-order valence-electron chi connectivity index (χ2n) is 5.77. The molecule has 18 heavy (non-hydrogen) atoms. The zero-order valence-corrected chi connectivity index (χ0v) is 11.2. The Labute approximate surface area is 110 Å². The number of piperidine rings is 1. The van der Waals surface area contributed by atoms with Gasteiger partial charge in [-0.2, -0.15) is 5.26 Å². The molecule has 1 atom stereocenters. The fraction of sp³-hybridized carbons (Fsp3) is 0.867. The van der Waals surface area contributed by atoms with E-state index >= 15 is 0 Å². The van der Waals surface area contributed by atoms with E-state index in [1.165, 1.54) is 32.1 Å². The van der Waals surface area contributed by atoms with Crippen molar-refractivity contribution in [1.82, 2.24) is 4.90 Å². The van der Waals surface area contributed by atoms with E-state index in [2.05, 4.69) is 6.07 Å². The van der Waals surface area contributed by atoms with Crippen LogP contribution in [0.1, 0.15) is 64.2 Å². The fourth-order valence-corrected chi connectivity index (χ4v) is 3.31. The zero-order chi connectivity index (χ0) is 12.8. The Balaban J connectivity index is 1.77. The number of hydrogen-bond acceptors (Lipinski definition) is 2. The third kappa shape index (κ3) is 3.48. The first-order chi connectivity index (χ1) is 8.81. The molecule has 0 aromatic carbocycles. The minimum Gasteiger partial charge on any atom is -0.327 e. The van der Waals surface area contributed by atoms with Crippen LogP contribution in [-0.2, 0) is 4.79 Å². The normalized spacial score (nSPS) is 25.7. The van der Waals surface area contributed by atoms with Crippen molar-refractivity contribution in [2.24, 2.45) is 5.92 Å². The molecule has 0 N–H and O–H groups in total. The molecule has 0 aromatic heterocycles. The molecule has 2 aliphatic rings. The molecule has 0 spiro atoms. The summed E-state index contributed by atoms with van der Waals surface area (Å²) >= 11 is 0. The van der Waals surface area contributed by atoms with Gasteiger partial charge in [0, 0.05) is 13.0 Å². The number of nitriles is 1. The Kier molecular flexibility index (Phi) is 5.04. The molecule has 100 valence electrons. The van der Waals surface area contributed by atoms with Gasteiger partial charge in [-0.1, -0.05) is 32.1 Å². The van der Waals surface area contributed by atoms with Crippen molar-refractivity contribution >= 4 is 5.91 Å². The van der Waals surface area contributed by atoms with Crippen LogP contribution in [0, 0.1) is 17.2 Å². The van der Waals surface area contributed by atoms with Crippen molar-refractivity contribution in [3.63, 3.8) is 0 Å². The molecular weight excluding hydrogens is 224 g/mol. The summed E-state index contributed by atoms with van der Waals surface area (Å²) in [7, 11) is 0. The van der Waals surface area contributed by atoms with Crippen molar-refractivity contribution in [1.29, 1.82) is 5.26 Å². The highest BCUT2D eigenvalue weighted by Gasteiger charge is 2.26. The molecule has 2 fully saturated rings. The lowest BCUT2D eigenvalue weighted by Gasteiger charge is -2.32. The first-order valence-corrected chi connectivity index (χ1v) is 7.50. The van der Waals surface area contributed by atoms with Crippen LogP contribution in [0.25, 0.3) is 0 Å². The second kappa shape index (κ2) is 6.78. The van der Waals surface area contributed by atoms with Crippen LogP contribution < -0.4 is 0 Å². The summed E-state index contributed by atoms with van der Waals surface area (Å²) in [5.41, 5.74) is 0. The lowest BCUT2D eigenvalue weighted by molar-refractivity contribution is -0.134. The molecule has 1 aliphatic carbocycles. The molecule has 1 heterocycles. The monoisotopic (exact) mass is 248 g/mol. The summed E-state index contributed by atoms with van der Waals surface area (Å²) in [6.07, 6.45) is 11.4. The van der Waals surface area contributed by atoms with Crippen molar-refractivity contribution in [2.75, 3.05) is 6.54 Å². The predicted octanol–water partition coefficient (Wildman–Crippen LogP) is 3.25. The van der Waals surface area contributed by atoms with Crippen LogP contribution >= 0.6 is 0 Å². The SMILES string of the molecule is N#CC1CCCCN1C(=O)CCC1CCCCC1. The highest BCUT2D eigenvalue weighted by Crippen LogP contribution is 2.28. The van der Waals surface area contributed by atoms with Gasteiger partial charge in [0.15, 0.2) is 0 Å². The zero-order valence-electron chi connectivity index (χ0n) is 11.2. The van der Waals surface area contributed by atoms with Crippen LogP contribution in [0.4, 0.5) is 0 Å². The van der Waals surface area contributed by atoms with E-state index in [0.29, 0.717) is 6.42 Å². The number of carbonyl (C=O) groups is 1. The molecular formula is C15H24N2O. The minimum absolute atomic E-state index is 0.155. The number of nitrogens with zero attached hydrogens (tertiary/aromatic N) is 2. The molecule has 1 saturated carbocycles. The first kappa shape index (κ1) is 13.4. The summed E-state index contributed by atoms with van der Waals surface area (Å²) in [4.78, 5) is 14.0. The van der Waals surface area contributed by atoms with Crippen molar-refractivity contribution in [2.45, 2.75) is 70.3 Å². The Hall–Kier alpha value is -1.04. The predicted molar refractivity (Wildman–Crippen MR) is 70.8 cm³/mol. The smallest absolute Gasteiger partial charge is 0.223 e. The molecule has 0 radical (unpaired) electrons. The van der Waals surface area contributed by atoms with Crippen LogP contribution in [-0.4, -0.2) is 23.4 Å². The minimum atomic E-state index is -0.155. The quantitative estimate of drug-likeness (QED) is 0.769. The Morgan fingerprint density at radius 1 is 1.11 bits per heavy atom. The molecule has 1 aliphatic heterocycles. The van der Waals surface area contributed by atoms with E-state index < -0.39 is 0 Å². The maximum absolute atomic E-state index is 12.2. The molecule has 1 amide bonds. The van der Waals surface area contributed by atoms with Gasteiger partial charge in [-0.3, -0.25) is 4.79 Å². The van der Waals surface area contributed by atoms with Gasteiger partial charge in [-0.25, -0.2) is 0 Å². The average Bonchev–Trinajstić information content (AvgIpc) is 2.45. The van der Waals surface area contributed by atoms with Crippen molar-refractivity contribution in [3.05, 3.63) is 0 Å². The van der Waals surface area contributed by atoms with Crippen LogP contribution in [0.2, 0.25) is 0 Å². The number of amides is 1. The van der Waals surface area contributed by atoms with E-state index in [0.717, 1.165) is 38.1 Å². The molecule has 3 heteroatoms. The average molecular weight is 248 g/mol. The molecule has 1 unspecified atom stereocenters. The second-order valence-corrected chi connectivity index (χ2v) is 5.77. The topological polar surface area (TPSA) is 44.1 Å². The van der Waals surface area contributed by atoms with Gasteiger partial charge in [0.25, 0.3) is 0 Å². The van der Waals surface area contributed by atoms with Gasteiger partial charge in [-0.05, 0) is 31.6 Å². The Bertz CT molecular complexity index is 315. The van der Waals surface area contributed by atoms with E-state index in [1.54, 1.807) is 0 Å².